The normalized spacial score (nSPS) is 14.3. The van der Waals surface area contributed by atoms with Crippen LogP contribution in [0.25, 0.3) is 11.1 Å². The van der Waals surface area contributed by atoms with E-state index in [4.69, 9.17) is 0 Å². The van der Waals surface area contributed by atoms with E-state index in [-0.39, 0.29) is 17.7 Å². The molecule has 4 rings (SSSR count). The molecule has 1 aromatic carbocycles. The Bertz CT molecular complexity index is 1010. The zero-order valence-corrected chi connectivity index (χ0v) is 15.3. The number of nitrogens with zero attached hydrogens (tertiary/aromatic N) is 4. The summed E-state index contributed by atoms with van der Waals surface area (Å²) in [6.45, 7) is 1.69. The first-order valence-corrected chi connectivity index (χ1v) is 9.30. The quantitative estimate of drug-likeness (QED) is 0.692. The molecule has 3 heterocycles. The van der Waals surface area contributed by atoms with Crippen molar-refractivity contribution >= 4 is 5.69 Å². The number of piperidine rings is 1. The van der Waals surface area contributed by atoms with E-state index in [9.17, 15) is 13.6 Å². The second kappa shape index (κ2) is 7.88. The van der Waals surface area contributed by atoms with Crippen LogP contribution in [-0.2, 0) is 6.54 Å². The molecule has 0 radical (unpaired) electrons. The van der Waals surface area contributed by atoms with Crippen molar-refractivity contribution in [2.75, 3.05) is 18.0 Å². The van der Waals surface area contributed by atoms with Crippen LogP contribution in [0.1, 0.15) is 24.8 Å². The molecule has 1 aliphatic heterocycles. The summed E-state index contributed by atoms with van der Waals surface area (Å²) in [5.41, 5.74) is 1.32. The fourth-order valence-corrected chi connectivity index (χ4v) is 3.52. The summed E-state index contributed by atoms with van der Waals surface area (Å²) in [6, 6.07) is 5.85. The molecule has 3 aromatic rings. The third kappa shape index (κ3) is 3.78. The molecule has 0 amide bonds. The van der Waals surface area contributed by atoms with Gasteiger partial charge in [0.15, 0.2) is 0 Å². The number of anilines is 1. The number of hydrogen-bond donors (Lipinski definition) is 0. The lowest BCUT2D eigenvalue weighted by Gasteiger charge is -2.28. The van der Waals surface area contributed by atoms with Gasteiger partial charge in [0.2, 0.25) is 0 Å². The van der Waals surface area contributed by atoms with Gasteiger partial charge >= 0.3 is 0 Å². The fraction of sp³-hybridized carbons (Fsp3) is 0.286. The molecule has 0 saturated carbocycles. The molecule has 0 unspecified atom stereocenters. The molecule has 5 nitrogen and oxygen atoms in total. The number of aromatic nitrogens is 3. The van der Waals surface area contributed by atoms with E-state index >= 15 is 0 Å². The van der Waals surface area contributed by atoms with Crippen LogP contribution >= 0.6 is 0 Å². The van der Waals surface area contributed by atoms with Crippen molar-refractivity contribution in [3.8, 4) is 11.1 Å². The van der Waals surface area contributed by atoms with Crippen LogP contribution in [0.5, 0.6) is 0 Å². The van der Waals surface area contributed by atoms with Crippen LogP contribution in [-0.4, -0.2) is 27.6 Å². The van der Waals surface area contributed by atoms with Gasteiger partial charge in [-0.3, -0.25) is 4.79 Å². The van der Waals surface area contributed by atoms with E-state index in [1.807, 2.05) is 6.07 Å². The van der Waals surface area contributed by atoms with Crippen molar-refractivity contribution in [1.29, 1.82) is 0 Å². The highest BCUT2D eigenvalue weighted by molar-refractivity contribution is 5.62. The number of rotatable bonds is 4. The Balaban J connectivity index is 1.59. The third-order valence-electron chi connectivity index (χ3n) is 5.06. The predicted octanol–water partition coefficient (Wildman–Crippen LogP) is 3.62. The minimum Gasteiger partial charge on any atom is -0.371 e. The average Bonchev–Trinajstić information content (AvgIpc) is 2.73. The molecule has 0 N–H and O–H groups in total. The summed E-state index contributed by atoms with van der Waals surface area (Å²) in [7, 11) is 0. The van der Waals surface area contributed by atoms with Gasteiger partial charge < -0.3 is 9.47 Å². The Morgan fingerprint density at radius 2 is 1.61 bits per heavy atom. The highest BCUT2D eigenvalue weighted by Crippen LogP contribution is 2.24. The van der Waals surface area contributed by atoms with Crippen LogP contribution in [0.3, 0.4) is 0 Å². The van der Waals surface area contributed by atoms with Crippen molar-refractivity contribution in [1.82, 2.24) is 14.5 Å². The number of benzene rings is 1. The lowest BCUT2D eigenvalue weighted by atomic mass is 10.1. The van der Waals surface area contributed by atoms with Crippen LogP contribution in [0.15, 0.2) is 54.0 Å². The molecular weight excluding hydrogens is 362 g/mol. The zero-order valence-electron chi connectivity index (χ0n) is 15.3. The first-order valence-electron chi connectivity index (χ1n) is 9.30. The van der Waals surface area contributed by atoms with Gasteiger partial charge in [-0.2, -0.15) is 0 Å². The Morgan fingerprint density at radius 1 is 0.929 bits per heavy atom. The molecule has 28 heavy (non-hydrogen) atoms. The van der Waals surface area contributed by atoms with Gasteiger partial charge in [0.25, 0.3) is 5.56 Å². The van der Waals surface area contributed by atoms with Gasteiger partial charge in [0, 0.05) is 54.6 Å². The standard InChI is InChI=1S/C21H20F2N4O/c22-19-8-15(16-11-24-14-25-12-16)9-20(23)18(19)13-27-7-4-17(10-21(27)28)26-5-2-1-3-6-26/h4,7-12,14H,1-3,5-6,13H2. The Hall–Kier alpha value is -3.09. The van der Waals surface area contributed by atoms with Gasteiger partial charge in [-0.05, 0) is 43.0 Å². The fourth-order valence-electron chi connectivity index (χ4n) is 3.52. The lowest BCUT2D eigenvalue weighted by Crippen LogP contribution is -2.31. The molecule has 1 aliphatic rings. The smallest absolute Gasteiger partial charge is 0.252 e. The predicted molar refractivity (Wildman–Crippen MR) is 103 cm³/mol. The Kier molecular flexibility index (Phi) is 5.14. The number of hydrogen-bond acceptors (Lipinski definition) is 4. The summed E-state index contributed by atoms with van der Waals surface area (Å²) >= 11 is 0. The molecule has 1 fully saturated rings. The van der Waals surface area contributed by atoms with E-state index in [0.29, 0.717) is 11.1 Å². The monoisotopic (exact) mass is 382 g/mol. The molecule has 1 saturated heterocycles. The summed E-state index contributed by atoms with van der Waals surface area (Å²) < 4.78 is 30.5. The summed E-state index contributed by atoms with van der Waals surface area (Å²) in [4.78, 5) is 22.4. The van der Waals surface area contributed by atoms with Crippen molar-refractivity contribution in [3.63, 3.8) is 0 Å². The van der Waals surface area contributed by atoms with Crippen molar-refractivity contribution in [2.24, 2.45) is 0 Å². The number of halogens is 2. The van der Waals surface area contributed by atoms with Gasteiger partial charge in [-0.15, -0.1) is 0 Å². The largest absolute Gasteiger partial charge is 0.371 e. The van der Waals surface area contributed by atoms with Crippen LogP contribution in [0.4, 0.5) is 14.5 Å². The minimum absolute atomic E-state index is 0.145. The highest BCUT2D eigenvalue weighted by Gasteiger charge is 2.15. The van der Waals surface area contributed by atoms with E-state index < -0.39 is 11.6 Å². The Morgan fingerprint density at radius 3 is 2.25 bits per heavy atom. The first kappa shape index (κ1) is 18.3. The molecular formula is C21H20F2N4O. The number of pyridine rings is 1. The van der Waals surface area contributed by atoms with Crippen LogP contribution in [0.2, 0.25) is 0 Å². The molecule has 0 spiro atoms. The van der Waals surface area contributed by atoms with E-state index in [1.165, 1.54) is 47.9 Å². The summed E-state index contributed by atoms with van der Waals surface area (Å²) in [5, 5.41) is 0. The maximum absolute atomic E-state index is 14.6. The lowest BCUT2D eigenvalue weighted by molar-refractivity contribution is 0.542. The molecule has 0 atom stereocenters. The van der Waals surface area contributed by atoms with Crippen molar-refractivity contribution < 1.29 is 8.78 Å². The minimum atomic E-state index is -0.703. The second-order valence-electron chi connectivity index (χ2n) is 6.94. The van der Waals surface area contributed by atoms with Crippen LogP contribution in [0, 0.1) is 11.6 Å². The van der Waals surface area contributed by atoms with Crippen molar-refractivity contribution in [2.45, 2.75) is 25.8 Å². The van der Waals surface area contributed by atoms with Crippen molar-refractivity contribution in [3.05, 3.63) is 76.7 Å². The van der Waals surface area contributed by atoms with Gasteiger partial charge in [0.1, 0.15) is 18.0 Å². The highest BCUT2D eigenvalue weighted by atomic mass is 19.1. The summed E-state index contributed by atoms with van der Waals surface area (Å²) in [6.07, 6.45) is 9.36. The average molecular weight is 382 g/mol. The maximum Gasteiger partial charge on any atom is 0.252 e. The van der Waals surface area contributed by atoms with E-state index in [1.54, 1.807) is 6.20 Å². The van der Waals surface area contributed by atoms with E-state index in [0.717, 1.165) is 31.6 Å². The molecule has 2 aromatic heterocycles. The molecule has 0 aliphatic carbocycles. The topological polar surface area (TPSA) is 51.0 Å². The molecule has 0 bridgehead atoms. The zero-order chi connectivity index (χ0) is 19.5. The van der Waals surface area contributed by atoms with Gasteiger partial charge in [0.05, 0.1) is 6.54 Å². The maximum atomic E-state index is 14.6. The third-order valence-corrected chi connectivity index (χ3v) is 5.06. The van der Waals surface area contributed by atoms with Gasteiger partial charge in [-0.25, -0.2) is 18.7 Å². The van der Waals surface area contributed by atoms with E-state index in [2.05, 4.69) is 14.9 Å². The second-order valence-corrected chi connectivity index (χ2v) is 6.94. The van der Waals surface area contributed by atoms with Crippen LogP contribution < -0.4 is 10.5 Å². The SMILES string of the molecule is O=c1cc(N2CCCCC2)ccn1Cc1c(F)cc(-c2cncnc2)cc1F. The first-order chi connectivity index (χ1) is 13.6. The summed E-state index contributed by atoms with van der Waals surface area (Å²) in [5.74, 6) is -1.41. The molecule has 7 heteroatoms. The van der Waals surface area contributed by atoms with Gasteiger partial charge in [-0.1, -0.05) is 0 Å². The molecule has 144 valence electrons. The Labute approximate surface area is 161 Å².